The third kappa shape index (κ3) is 7.25. The highest BCUT2D eigenvalue weighted by atomic mass is 32.2. The fraction of sp³-hybridized carbons (Fsp3) is 1.00. The standard InChI is InChI=1S/C13H30N2O3S/c1-11(2)18-12(9-15(7)19(8,16)17)13(3,4)10-14(5)6/h11-12H,9-10H2,1-8H3. The number of sulfonamides is 1. The van der Waals surface area contributed by atoms with Crippen LogP contribution in [0.4, 0.5) is 0 Å². The highest BCUT2D eigenvalue weighted by molar-refractivity contribution is 7.88. The molecule has 1 unspecified atom stereocenters. The zero-order chi connectivity index (χ0) is 15.4. The normalized spacial score (nSPS) is 15.5. The number of rotatable bonds is 8. The largest absolute Gasteiger partial charge is 0.374 e. The SMILES string of the molecule is CC(C)OC(CN(C)S(C)(=O)=O)C(C)(C)CN(C)C. The van der Waals surface area contributed by atoms with Crippen molar-refractivity contribution in [3.8, 4) is 0 Å². The summed E-state index contributed by atoms with van der Waals surface area (Å²) in [4.78, 5) is 2.09. The van der Waals surface area contributed by atoms with Gasteiger partial charge in [-0.25, -0.2) is 12.7 Å². The van der Waals surface area contributed by atoms with Crippen LogP contribution in [-0.4, -0.2) is 70.3 Å². The van der Waals surface area contributed by atoms with Crippen molar-refractivity contribution in [1.29, 1.82) is 0 Å². The van der Waals surface area contributed by atoms with E-state index in [9.17, 15) is 8.42 Å². The van der Waals surface area contributed by atoms with Crippen molar-refractivity contribution in [2.24, 2.45) is 5.41 Å². The molecule has 0 saturated heterocycles. The van der Waals surface area contributed by atoms with E-state index in [4.69, 9.17) is 4.74 Å². The molecule has 1 atom stereocenters. The van der Waals surface area contributed by atoms with E-state index in [1.807, 2.05) is 27.9 Å². The monoisotopic (exact) mass is 294 g/mol. The first-order valence-electron chi connectivity index (χ1n) is 6.57. The van der Waals surface area contributed by atoms with Crippen LogP contribution in [-0.2, 0) is 14.8 Å². The van der Waals surface area contributed by atoms with Gasteiger partial charge in [0.25, 0.3) is 0 Å². The van der Waals surface area contributed by atoms with Gasteiger partial charge in [-0.15, -0.1) is 0 Å². The lowest BCUT2D eigenvalue weighted by atomic mass is 9.85. The molecule has 0 fully saturated rings. The molecular weight excluding hydrogens is 264 g/mol. The van der Waals surface area contributed by atoms with Gasteiger partial charge in [0.15, 0.2) is 0 Å². The van der Waals surface area contributed by atoms with Gasteiger partial charge >= 0.3 is 0 Å². The molecular formula is C13H30N2O3S. The predicted octanol–water partition coefficient (Wildman–Crippen LogP) is 1.26. The quantitative estimate of drug-likeness (QED) is 0.676. The van der Waals surface area contributed by atoms with E-state index >= 15 is 0 Å². The Balaban J connectivity index is 5.00. The molecule has 19 heavy (non-hydrogen) atoms. The van der Waals surface area contributed by atoms with Gasteiger partial charge in [-0.05, 0) is 27.9 Å². The van der Waals surface area contributed by atoms with E-state index in [2.05, 4.69) is 18.7 Å². The number of ether oxygens (including phenoxy) is 1. The highest BCUT2D eigenvalue weighted by Crippen LogP contribution is 2.26. The van der Waals surface area contributed by atoms with E-state index in [0.717, 1.165) is 6.54 Å². The number of hydrogen-bond acceptors (Lipinski definition) is 4. The van der Waals surface area contributed by atoms with E-state index in [-0.39, 0.29) is 17.6 Å². The molecule has 0 heterocycles. The Bertz CT molecular complexity index is 364. The highest BCUT2D eigenvalue weighted by Gasteiger charge is 2.34. The number of likely N-dealkylation sites (N-methyl/N-ethyl adjacent to an activating group) is 1. The van der Waals surface area contributed by atoms with Gasteiger partial charge in [0.05, 0.1) is 18.5 Å². The Kier molecular flexibility index (Phi) is 6.95. The Morgan fingerprint density at radius 2 is 1.63 bits per heavy atom. The van der Waals surface area contributed by atoms with Crippen molar-refractivity contribution < 1.29 is 13.2 Å². The van der Waals surface area contributed by atoms with Crippen molar-refractivity contribution >= 4 is 10.0 Å². The first kappa shape index (κ1) is 18.8. The van der Waals surface area contributed by atoms with Crippen LogP contribution in [0.15, 0.2) is 0 Å². The molecule has 6 heteroatoms. The van der Waals surface area contributed by atoms with Gasteiger partial charge < -0.3 is 9.64 Å². The average Bonchev–Trinajstić information content (AvgIpc) is 2.11. The Hall–Kier alpha value is -0.170. The summed E-state index contributed by atoms with van der Waals surface area (Å²) in [5, 5.41) is 0. The van der Waals surface area contributed by atoms with Gasteiger partial charge in [-0.3, -0.25) is 0 Å². The van der Waals surface area contributed by atoms with Gasteiger partial charge in [0, 0.05) is 25.6 Å². The minimum atomic E-state index is -3.18. The molecule has 116 valence electrons. The van der Waals surface area contributed by atoms with Crippen molar-refractivity contribution in [2.75, 3.05) is 40.5 Å². The first-order chi connectivity index (χ1) is 8.36. The second-order valence-electron chi connectivity index (χ2n) is 6.44. The van der Waals surface area contributed by atoms with Crippen LogP contribution in [0.3, 0.4) is 0 Å². The summed E-state index contributed by atoms with van der Waals surface area (Å²) in [5.74, 6) is 0. The van der Waals surface area contributed by atoms with Crippen LogP contribution in [0.1, 0.15) is 27.7 Å². The molecule has 0 bridgehead atoms. The maximum absolute atomic E-state index is 11.6. The smallest absolute Gasteiger partial charge is 0.211 e. The fourth-order valence-electron chi connectivity index (χ4n) is 2.09. The zero-order valence-corrected chi connectivity index (χ0v) is 14.4. The minimum Gasteiger partial charge on any atom is -0.374 e. The maximum atomic E-state index is 11.6. The van der Waals surface area contributed by atoms with Gasteiger partial charge in [0.2, 0.25) is 10.0 Å². The molecule has 0 radical (unpaired) electrons. The summed E-state index contributed by atoms with van der Waals surface area (Å²) in [7, 11) is 2.43. The molecule has 0 rings (SSSR count). The second kappa shape index (κ2) is 7.02. The van der Waals surface area contributed by atoms with Gasteiger partial charge in [-0.1, -0.05) is 13.8 Å². The van der Waals surface area contributed by atoms with E-state index < -0.39 is 10.0 Å². The maximum Gasteiger partial charge on any atom is 0.211 e. The summed E-state index contributed by atoms with van der Waals surface area (Å²) in [6.07, 6.45) is 1.15. The first-order valence-corrected chi connectivity index (χ1v) is 8.42. The second-order valence-corrected chi connectivity index (χ2v) is 8.53. The van der Waals surface area contributed by atoms with Crippen LogP contribution < -0.4 is 0 Å². The molecule has 0 aromatic carbocycles. The van der Waals surface area contributed by atoms with Crippen LogP contribution >= 0.6 is 0 Å². The lowest BCUT2D eigenvalue weighted by Gasteiger charge is -2.39. The van der Waals surface area contributed by atoms with E-state index in [0.29, 0.717) is 6.54 Å². The van der Waals surface area contributed by atoms with Crippen LogP contribution in [0.2, 0.25) is 0 Å². The van der Waals surface area contributed by atoms with Crippen molar-refractivity contribution in [2.45, 2.75) is 39.9 Å². The van der Waals surface area contributed by atoms with Gasteiger partial charge in [0.1, 0.15) is 0 Å². The number of hydrogen-bond donors (Lipinski definition) is 0. The molecule has 0 saturated carbocycles. The molecule has 0 aliphatic carbocycles. The van der Waals surface area contributed by atoms with Crippen molar-refractivity contribution in [3.63, 3.8) is 0 Å². The summed E-state index contributed by atoms with van der Waals surface area (Å²) in [5.41, 5.74) is -0.132. The summed E-state index contributed by atoms with van der Waals surface area (Å²) in [6.45, 7) is 9.37. The third-order valence-electron chi connectivity index (χ3n) is 3.02. The van der Waals surface area contributed by atoms with Crippen LogP contribution in [0, 0.1) is 5.41 Å². The molecule has 0 aromatic heterocycles. The Morgan fingerprint density at radius 1 is 1.16 bits per heavy atom. The molecule has 0 amide bonds. The zero-order valence-electron chi connectivity index (χ0n) is 13.6. The predicted molar refractivity (Wildman–Crippen MR) is 79.8 cm³/mol. The molecule has 0 N–H and O–H groups in total. The average molecular weight is 294 g/mol. The lowest BCUT2D eigenvalue weighted by Crippen LogP contribution is -2.48. The van der Waals surface area contributed by atoms with E-state index in [1.54, 1.807) is 7.05 Å². The summed E-state index contributed by atoms with van der Waals surface area (Å²) >= 11 is 0. The molecule has 0 aliphatic heterocycles. The van der Waals surface area contributed by atoms with Crippen LogP contribution in [0.25, 0.3) is 0 Å². The Labute approximate surface area is 119 Å². The lowest BCUT2D eigenvalue weighted by molar-refractivity contribution is -0.0699. The molecule has 5 nitrogen and oxygen atoms in total. The third-order valence-corrected chi connectivity index (χ3v) is 4.30. The van der Waals surface area contributed by atoms with Gasteiger partial charge in [-0.2, -0.15) is 0 Å². The minimum absolute atomic E-state index is 0.0689. The van der Waals surface area contributed by atoms with Crippen molar-refractivity contribution in [1.82, 2.24) is 9.21 Å². The fourth-order valence-corrected chi connectivity index (χ4v) is 2.49. The summed E-state index contributed by atoms with van der Waals surface area (Å²) in [6, 6.07) is 0. The molecule has 0 aromatic rings. The Morgan fingerprint density at radius 3 is 1.95 bits per heavy atom. The van der Waals surface area contributed by atoms with Crippen LogP contribution in [0.5, 0.6) is 0 Å². The summed E-state index contributed by atoms with van der Waals surface area (Å²) < 4.78 is 30.4. The topological polar surface area (TPSA) is 49.9 Å². The molecule has 0 aliphatic rings. The number of nitrogens with zero attached hydrogens (tertiary/aromatic N) is 2. The molecule has 0 spiro atoms. The van der Waals surface area contributed by atoms with Crippen molar-refractivity contribution in [3.05, 3.63) is 0 Å². The van der Waals surface area contributed by atoms with E-state index in [1.165, 1.54) is 10.6 Å².